The third kappa shape index (κ3) is 3.98. The molecule has 0 aliphatic rings. The van der Waals surface area contributed by atoms with Crippen LogP contribution in [-0.4, -0.2) is 31.4 Å². The van der Waals surface area contributed by atoms with Crippen LogP contribution in [0.3, 0.4) is 0 Å². The largest absolute Gasteiger partial charge is 0.495 e. The molecule has 1 atom stereocenters. The smallest absolute Gasteiger partial charge is 0.137 e. The normalized spacial score (nSPS) is 12.5. The minimum Gasteiger partial charge on any atom is -0.495 e. The Kier molecular flexibility index (Phi) is 5.55. The molecule has 4 nitrogen and oxygen atoms in total. The summed E-state index contributed by atoms with van der Waals surface area (Å²) in [5.74, 6) is 0.664. The molecule has 0 aromatic heterocycles. The third-order valence-electron chi connectivity index (χ3n) is 2.19. The molecule has 1 rings (SSSR count). The lowest BCUT2D eigenvalue weighted by molar-refractivity contribution is 0.262. The molecule has 1 unspecified atom stereocenters. The number of aliphatic hydroxyl groups excluding tert-OH is 1. The zero-order chi connectivity index (χ0) is 12.0. The molecule has 0 fully saturated rings. The van der Waals surface area contributed by atoms with Gasteiger partial charge in [0.25, 0.3) is 0 Å². The van der Waals surface area contributed by atoms with Crippen molar-refractivity contribution in [3.05, 3.63) is 28.8 Å². The standard InChI is InChI=1S/C11H17ClN2O2/c1-16-11-3-2-8(4-10(11)12)5-14-6-9(13)7-15/h2-4,9,14-15H,5-7,13H2,1H3. The summed E-state index contributed by atoms with van der Waals surface area (Å²) in [5, 5.41) is 12.5. The molecule has 0 saturated carbocycles. The maximum Gasteiger partial charge on any atom is 0.137 e. The summed E-state index contributed by atoms with van der Waals surface area (Å²) in [7, 11) is 1.58. The highest BCUT2D eigenvalue weighted by molar-refractivity contribution is 6.32. The summed E-state index contributed by atoms with van der Waals surface area (Å²) in [6.45, 7) is 1.22. The Labute approximate surface area is 100 Å². The van der Waals surface area contributed by atoms with Crippen LogP contribution in [0.5, 0.6) is 5.75 Å². The minimum absolute atomic E-state index is 0.0175. The fourth-order valence-electron chi connectivity index (χ4n) is 1.29. The average molecular weight is 245 g/mol. The number of benzene rings is 1. The Balaban J connectivity index is 2.46. The lowest BCUT2D eigenvalue weighted by atomic mass is 10.2. The van der Waals surface area contributed by atoms with E-state index in [1.807, 2.05) is 18.2 Å². The topological polar surface area (TPSA) is 67.5 Å². The van der Waals surface area contributed by atoms with Gasteiger partial charge in [-0.05, 0) is 17.7 Å². The lowest BCUT2D eigenvalue weighted by Gasteiger charge is -2.10. The van der Waals surface area contributed by atoms with Crippen LogP contribution in [0.1, 0.15) is 5.56 Å². The zero-order valence-electron chi connectivity index (χ0n) is 9.24. The molecule has 90 valence electrons. The van der Waals surface area contributed by atoms with Crippen molar-refractivity contribution in [2.24, 2.45) is 5.73 Å². The van der Waals surface area contributed by atoms with Gasteiger partial charge in [-0.3, -0.25) is 0 Å². The highest BCUT2D eigenvalue weighted by Gasteiger charge is 2.03. The van der Waals surface area contributed by atoms with E-state index in [1.54, 1.807) is 7.11 Å². The SMILES string of the molecule is COc1ccc(CNCC(N)CO)cc1Cl. The van der Waals surface area contributed by atoms with Gasteiger partial charge in [0, 0.05) is 19.1 Å². The fraction of sp³-hybridized carbons (Fsp3) is 0.455. The summed E-state index contributed by atoms with van der Waals surface area (Å²) >= 11 is 5.98. The Morgan fingerprint density at radius 3 is 2.88 bits per heavy atom. The molecule has 0 heterocycles. The number of rotatable bonds is 6. The highest BCUT2D eigenvalue weighted by Crippen LogP contribution is 2.24. The Bertz CT molecular complexity index is 334. The van der Waals surface area contributed by atoms with Crippen LogP contribution in [0.4, 0.5) is 0 Å². The first-order chi connectivity index (χ1) is 7.67. The average Bonchev–Trinajstić information content (AvgIpc) is 2.29. The van der Waals surface area contributed by atoms with Crippen molar-refractivity contribution in [1.29, 1.82) is 0 Å². The predicted octanol–water partition coefficient (Wildman–Crippen LogP) is 0.758. The lowest BCUT2D eigenvalue weighted by Crippen LogP contribution is -2.36. The van der Waals surface area contributed by atoms with Gasteiger partial charge in [-0.2, -0.15) is 0 Å². The van der Waals surface area contributed by atoms with E-state index >= 15 is 0 Å². The van der Waals surface area contributed by atoms with E-state index < -0.39 is 0 Å². The molecule has 0 bridgehead atoms. The number of ether oxygens (including phenoxy) is 1. The third-order valence-corrected chi connectivity index (χ3v) is 2.48. The summed E-state index contributed by atoms with van der Waals surface area (Å²) in [4.78, 5) is 0. The predicted molar refractivity (Wildman–Crippen MR) is 64.8 cm³/mol. The van der Waals surface area contributed by atoms with E-state index in [4.69, 9.17) is 27.2 Å². The molecule has 1 aromatic rings. The molecular formula is C11H17ClN2O2. The minimum atomic E-state index is -0.228. The highest BCUT2D eigenvalue weighted by atomic mass is 35.5. The molecule has 0 radical (unpaired) electrons. The Morgan fingerprint density at radius 2 is 2.31 bits per heavy atom. The number of methoxy groups -OCH3 is 1. The van der Waals surface area contributed by atoms with Crippen LogP contribution >= 0.6 is 11.6 Å². The number of hydrogen-bond acceptors (Lipinski definition) is 4. The molecule has 0 spiro atoms. The van der Waals surface area contributed by atoms with Gasteiger partial charge in [0.1, 0.15) is 5.75 Å². The monoisotopic (exact) mass is 244 g/mol. The second kappa shape index (κ2) is 6.70. The van der Waals surface area contributed by atoms with E-state index in [9.17, 15) is 0 Å². The zero-order valence-corrected chi connectivity index (χ0v) is 10.00. The molecule has 0 aliphatic heterocycles. The van der Waals surface area contributed by atoms with Gasteiger partial charge in [0.15, 0.2) is 0 Å². The van der Waals surface area contributed by atoms with Gasteiger partial charge in [-0.15, -0.1) is 0 Å². The van der Waals surface area contributed by atoms with Crippen molar-refractivity contribution in [2.75, 3.05) is 20.3 Å². The van der Waals surface area contributed by atoms with Crippen molar-refractivity contribution < 1.29 is 9.84 Å². The Hall–Kier alpha value is -0.810. The van der Waals surface area contributed by atoms with E-state index in [2.05, 4.69) is 5.32 Å². The maximum atomic E-state index is 8.74. The summed E-state index contributed by atoms with van der Waals surface area (Å²) in [5.41, 5.74) is 6.61. The number of aliphatic hydroxyl groups is 1. The second-order valence-electron chi connectivity index (χ2n) is 3.54. The molecule has 5 heteroatoms. The van der Waals surface area contributed by atoms with E-state index in [0.717, 1.165) is 5.56 Å². The fourth-order valence-corrected chi connectivity index (χ4v) is 1.57. The van der Waals surface area contributed by atoms with Crippen molar-refractivity contribution in [3.63, 3.8) is 0 Å². The van der Waals surface area contributed by atoms with Crippen LogP contribution in [0, 0.1) is 0 Å². The molecule has 0 aliphatic carbocycles. The summed E-state index contributed by atoms with van der Waals surface area (Å²) in [6, 6.07) is 5.37. The van der Waals surface area contributed by atoms with Crippen LogP contribution in [-0.2, 0) is 6.54 Å². The van der Waals surface area contributed by atoms with E-state index in [-0.39, 0.29) is 12.6 Å². The van der Waals surface area contributed by atoms with Crippen molar-refractivity contribution in [3.8, 4) is 5.75 Å². The first-order valence-corrected chi connectivity index (χ1v) is 5.44. The first-order valence-electron chi connectivity index (χ1n) is 5.07. The van der Waals surface area contributed by atoms with Crippen LogP contribution in [0.15, 0.2) is 18.2 Å². The quantitative estimate of drug-likeness (QED) is 0.691. The van der Waals surface area contributed by atoms with Gasteiger partial charge >= 0.3 is 0 Å². The molecule has 1 aromatic carbocycles. The van der Waals surface area contributed by atoms with Crippen LogP contribution in [0.25, 0.3) is 0 Å². The van der Waals surface area contributed by atoms with E-state index in [1.165, 1.54) is 0 Å². The van der Waals surface area contributed by atoms with Gasteiger partial charge < -0.3 is 20.9 Å². The molecule has 0 saturated heterocycles. The number of halogens is 1. The maximum absolute atomic E-state index is 8.74. The molecule has 16 heavy (non-hydrogen) atoms. The summed E-state index contributed by atoms with van der Waals surface area (Å²) < 4.78 is 5.05. The number of hydrogen-bond donors (Lipinski definition) is 3. The van der Waals surface area contributed by atoms with Crippen molar-refractivity contribution in [1.82, 2.24) is 5.32 Å². The molecule has 0 amide bonds. The van der Waals surface area contributed by atoms with E-state index in [0.29, 0.717) is 23.9 Å². The van der Waals surface area contributed by atoms with Crippen molar-refractivity contribution in [2.45, 2.75) is 12.6 Å². The van der Waals surface area contributed by atoms with Gasteiger partial charge in [0.05, 0.1) is 18.7 Å². The second-order valence-corrected chi connectivity index (χ2v) is 3.95. The first kappa shape index (κ1) is 13.3. The number of nitrogens with one attached hydrogen (secondary N) is 1. The van der Waals surface area contributed by atoms with Crippen LogP contribution < -0.4 is 15.8 Å². The molecule has 4 N–H and O–H groups in total. The van der Waals surface area contributed by atoms with Gasteiger partial charge in [-0.25, -0.2) is 0 Å². The van der Waals surface area contributed by atoms with Gasteiger partial charge in [-0.1, -0.05) is 17.7 Å². The van der Waals surface area contributed by atoms with Gasteiger partial charge in [0.2, 0.25) is 0 Å². The Morgan fingerprint density at radius 1 is 1.56 bits per heavy atom. The van der Waals surface area contributed by atoms with Crippen molar-refractivity contribution >= 4 is 11.6 Å². The molecular weight excluding hydrogens is 228 g/mol. The summed E-state index contributed by atoms with van der Waals surface area (Å²) in [6.07, 6.45) is 0. The number of nitrogens with two attached hydrogens (primary N) is 1. The van der Waals surface area contributed by atoms with Crippen LogP contribution in [0.2, 0.25) is 5.02 Å².